The van der Waals surface area contributed by atoms with Crippen LogP contribution in [0.25, 0.3) is 0 Å². The topological polar surface area (TPSA) is 21.3 Å². The van der Waals surface area contributed by atoms with Crippen LogP contribution in [0.2, 0.25) is 0 Å². The van der Waals surface area contributed by atoms with E-state index in [2.05, 4.69) is 49.5 Å². The molecule has 0 saturated heterocycles. The Balaban J connectivity index is 2.08. The molecule has 0 bridgehead atoms. The highest BCUT2D eigenvalue weighted by Crippen LogP contribution is 2.36. The number of benzene rings is 1. The first-order chi connectivity index (χ1) is 9.13. The van der Waals surface area contributed by atoms with Crippen LogP contribution in [0, 0.1) is 5.41 Å². The van der Waals surface area contributed by atoms with Crippen molar-refractivity contribution in [2.75, 3.05) is 13.7 Å². The second kappa shape index (κ2) is 6.53. The van der Waals surface area contributed by atoms with Gasteiger partial charge in [-0.3, -0.25) is 0 Å². The second-order valence-corrected chi connectivity index (χ2v) is 6.37. The molecule has 1 fully saturated rings. The van der Waals surface area contributed by atoms with Crippen molar-refractivity contribution < 1.29 is 4.74 Å². The lowest BCUT2D eigenvalue weighted by Gasteiger charge is -2.41. The van der Waals surface area contributed by atoms with Crippen molar-refractivity contribution in [3.05, 3.63) is 35.9 Å². The highest BCUT2D eigenvalue weighted by molar-refractivity contribution is 5.19. The molecule has 0 aliphatic heterocycles. The van der Waals surface area contributed by atoms with Gasteiger partial charge in [-0.2, -0.15) is 0 Å². The summed E-state index contributed by atoms with van der Waals surface area (Å²) in [4.78, 5) is 0. The summed E-state index contributed by atoms with van der Waals surface area (Å²) in [6.45, 7) is 5.51. The van der Waals surface area contributed by atoms with E-state index < -0.39 is 0 Å². The van der Waals surface area contributed by atoms with E-state index in [0.29, 0.717) is 17.5 Å². The van der Waals surface area contributed by atoms with Crippen molar-refractivity contribution in [2.45, 2.75) is 51.6 Å². The van der Waals surface area contributed by atoms with Gasteiger partial charge in [-0.15, -0.1) is 0 Å². The third kappa shape index (κ3) is 3.80. The van der Waals surface area contributed by atoms with Crippen LogP contribution in [0.1, 0.15) is 51.1 Å². The van der Waals surface area contributed by atoms with Gasteiger partial charge in [-0.25, -0.2) is 0 Å². The average molecular weight is 261 g/mol. The van der Waals surface area contributed by atoms with Crippen molar-refractivity contribution in [1.29, 1.82) is 0 Å². The van der Waals surface area contributed by atoms with Crippen molar-refractivity contribution in [3.63, 3.8) is 0 Å². The molecule has 106 valence electrons. The van der Waals surface area contributed by atoms with Gasteiger partial charge in [0.15, 0.2) is 0 Å². The SMILES string of the molecule is COCC(NC1CCCCC1(C)C)c1ccccc1. The van der Waals surface area contributed by atoms with Crippen LogP contribution < -0.4 is 5.32 Å². The molecule has 1 saturated carbocycles. The first-order valence-corrected chi connectivity index (χ1v) is 7.43. The van der Waals surface area contributed by atoms with Gasteiger partial charge in [0, 0.05) is 13.2 Å². The van der Waals surface area contributed by atoms with Crippen LogP contribution in [0.15, 0.2) is 30.3 Å². The Bertz CT molecular complexity index is 374. The van der Waals surface area contributed by atoms with Gasteiger partial charge in [0.05, 0.1) is 12.6 Å². The van der Waals surface area contributed by atoms with Crippen molar-refractivity contribution >= 4 is 0 Å². The molecular formula is C17H27NO. The van der Waals surface area contributed by atoms with E-state index in [1.807, 2.05) is 0 Å². The molecule has 0 spiro atoms. The zero-order valence-electron chi connectivity index (χ0n) is 12.5. The van der Waals surface area contributed by atoms with E-state index in [-0.39, 0.29) is 0 Å². The first-order valence-electron chi connectivity index (χ1n) is 7.43. The summed E-state index contributed by atoms with van der Waals surface area (Å²) in [7, 11) is 1.78. The van der Waals surface area contributed by atoms with Gasteiger partial charge in [-0.1, -0.05) is 57.0 Å². The maximum Gasteiger partial charge on any atom is 0.0657 e. The Morgan fingerprint density at radius 1 is 1.26 bits per heavy atom. The van der Waals surface area contributed by atoms with Gasteiger partial charge in [-0.05, 0) is 23.8 Å². The van der Waals surface area contributed by atoms with E-state index in [1.54, 1.807) is 7.11 Å². The van der Waals surface area contributed by atoms with Crippen LogP contribution in [0.5, 0.6) is 0 Å². The number of hydrogen-bond acceptors (Lipinski definition) is 2. The predicted molar refractivity (Wildman–Crippen MR) is 80.2 cm³/mol. The molecule has 2 rings (SSSR count). The highest BCUT2D eigenvalue weighted by Gasteiger charge is 2.33. The Kier molecular flexibility index (Phi) is 5.00. The Labute approximate surface area is 117 Å². The Morgan fingerprint density at radius 2 is 2.00 bits per heavy atom. The molecule has 0 heterocycles. The first kappa shape index (κ1) is 14.5. The molecule has 1 aliphatic carbocycles. The molecule has 0 amide bonds. The lowest BCUT2D eigenvalue weighted by atomic mass is 9.73. The van der Waals surface area contributed by atoms with Gasteiger partial charge in [0.1, 0.15) is 0 Å². The maximum absolute atomic E-state index is 5.41. The zero-order chi connectivity index (χ0) is 13.7. The highest BCUT2D eigenvalue weighted by atomic mass is 16.5. The Hall–Kier alpha value is -0.860. The maximum atomic E-state index is 5.41. The minimum Gasteiger partial charge on any atom is -0.383 e. The molecular weight excluding hydrogens is 234 g/mol. The number of rotatable bonds is 5. The van der Waals surface area contributed by atoms with Gasteiger partial charge < -0.3 is 10.1 Å². The fourth-order valence-electron chi connectivity index (χ4n) is 3.14. The monoisotopic (exact) mass is 261 g/mol. The number of ether oxygens (including phenoxy) is 1. The quantitative estimate of drug-likeness (QED) is 0.867. The molecule has 1 aliphatic rings. The zero-order valence-corrected chi connectivity index (χ0v) is 12.5. The summed E-state index contributed by atoms with van der Waals surface area (Å²) in [6, 6.07) is 11.5. The van der Waals surface area contributed by atoms with Gasteiger partial charge >= 0.3 is 0 Å². The third-order valence-corrected chi connectivity index (χ3v) is 4.44. The fraction of sp³-hybridized carbons (Fsp3) is 0.647. The molecule has 0 aromatic heterocycles. The summed E-state index contributed by atoms with van der Waals surface area (Å²) < 4.78 is 5.41. The molecule has 19 heavy (non-hydrogen) atoms. The Morgan fingerprint density at radius 3 is 2.63 bits per heavy atom. The molecule has 2 nitrogen and oxygen atoms in total. The predicted octanol–water partition coefficient (Wildman–Crippen LogP) is 3.93. The van der Waals surface area contributed by atoms with Gasteiger partial charge in [0.25, 0.3) is 0 Å². The van der Waals surface area contributed by atoms with Gasteiger partial charge in [0.2, 0.25) is 0 Å². The summed E-state index contributed by atoms with van der Waals surface area (Å²) >= 11 is 0. The summed E-state index contributed by atoms with van der Waals surface area (Å²) in [5.41, 5.74) is 1.71. The minimum atomic E-state index is 0.300. The smallest absolute Gasteiger partial charge is 0.0657 e. The molecule has 1 N–H and O–H groups in total. The van der Waals surface area contributed by atoms with Crippen molar-refractivity contribution in [3.8, 4) is 0 Å². The standard InChI is InChI=1S/C17H27NO/c1-17(2)12-8-7-11-16(17)18-15(13-19-3)14-9-5-4-6-10-14/h4-6,9-10,15-16,18H,7-8,11-13H2,1-3H3. The largest absolute Gasteiger partial charge is 0.383 e. The van der Waals surface area contributed by atoms with Crippen LogP contribution >= 0.6 is 0 Å². The third-order valence-electron chi connectivity index (χ3n) is 4.44. The van der Waals surface area contributed by atoms with E-state index in [9.17, 15) is 0 Å². The lowest BCUT2D eigenvalue weighted by molar-refractivity contribution is 0.115. The van der Waals surface area contributed by atoms with Crippen LogP contribution in [0.4, 0.5) is 0 Å². The average Bonchev–Trinajstić information content (AvgIpc) is 2.41. The van der Waals surface area contributed by atoms with Crippen LogP contribution in [-0.2, 0) is 4.74 Å². The number of nitrogens with one attached hydrogen (secondary N) is 1. The number of methoxy groups -OCH3 is 1. The summed E-state index contributed by atoms with van der Waals surface area (Å²) in [5.74, 6) is 0. The molecule has 2 unspecified atom stereocenters. The molecule has 2 heteroatoms. The van der Waals surface area contributed by atoms with E-state index in [1.165, 1.54) is 31.2 Å². The molecule has 1 aromatic rings. The van der Waals surface area contributed by atoms with E-state index in [4.69, 9.17) is 4.74 Å². The minimum absolute atomic E-state index is 0.300. The van der Waals surface area contributed by atoms with E-state index >= 15 is 0 Å². The van der Waals surface area contributed by atoms with Crippen LogP contribution in [0.3, 0.4) is 0 Å². The summed E-state index contributed by atoms with van der Waals surface area (Å²) in [5, 5.41) is 3.84. The summed E-state index contributed by atoms with van der Waals surface area (Å²) in [6.07, 6.45) is 5.31. The molecule has 1 aromatic carbocycles. The van der Waals surface area contributed by atoms with Crippen molar-refractivity contribution in [1.82, 2.24) is 5.32 Å². The second-order valence-electron chi connectivity index (χ2n) is 6.37. The fourth-order valence-corrected chi connectivity index (χ4v) is 3.14. The van der Waals surface area contributed by atoms with Crippen LogP contribution in [-0.4, -0.2) is 19.8 Å². The lowest BCUT2D eigenvalue weighted by Crippen LogP contribution is -2.46. The molecule has 0 radical (unpaired) electrons. The number of hydrogen-bond donors (Lipinski definition) is 1. The van der Waals surface area contributed by atoms with E-state index in [0.717, 1.165) is 6.61 Å². The van der Waals surface area contributed by atoms with Crippen molar-refractivity contribution in [2.24, 2.45) is 5.41 Å². The normalized spacial score (nSPS) is 24.1. The molecule has 2 atom stereocenters.